The Bertz CT molecular complexity index is 588. The molecule has 0 spiro atoms. The third kappa shape index (κ3) is 2.85. The molecule has 0 aliphatic heterocycles. The van der Waals surface area contributed by atoms with E-state index in [0.29, 0.717) is 24.8 Å². The van der Waals surface area contributed by atoms with Crippen molar-refractivity contribution in [2.75, 3.05) is 13.7 Å². The standard InChI is InChI=1S/C16H22N2O2/c1-10(2)12-5-6-14(19-4)13(9-12)16-11(3)18-15(20-16)7-8-17/h5-6,9-10H,7-8,17H2,1-4H3. The molecule has 108 valence electrons. The number of benzene rings is 1. The first-order valence-electron chi connectivity index (χ1n) is 6.91. The number of rotatable bonds is 5. The van der Waals surface area contributed by atoms with Gasteiger partial charge < -0.3 is 14.9 Å². The number of aryl methyl sites for hydroxylation is 1. The Morgan fingerprint density at radius 3 is 2.70 bits per heavy atom. The Kier molecular flexibility index (Phi) is 4.45. The van der Waals surface area contributed by atoms with Crippen molar-refractivity contribution in [1.82, 2.24) is 4.98 Å². The second-order valence-corrected chi connectivity index (χ2v) is 5.18. The van der Waals surface area contributed by atoms with Crippen LogP contribution in [0.1, 0.15) is 36.9 Å². The van der Waals surface area contributed by atoms with Gasteiger partial charge in [0.25, 0.3) is 0 Å². The van der Waals surface area contributed by atoms with Gasteiger partial charge in [-0.2, -0.15) is 0 Å². The quantitative estimate of drug-likeness (QED) is 0.909. The van der Waals surface area contributed by atoms with Gasteiger partial charge in [0.15, 0.2) is 11.7 Å². The van der Waals surface area contributed by atoms with Crippen LogP contribution in [-0.4, -0.2) is 18.6 Å². The molecule has 0 bridgehead atoms. The van der Waals surface area contributed by atoms with Crippen molar-refractivity contribution in [3.8, 4) is 17.1 Å². The van der Waals surface area contributed by atoms with Gasteiger partial charge in [-0.1, -0.05) is 19.9 Å². The van der Waals surface area contributed by atoms with Crippen molar-refractivity contribution in [2.45, 2.75) is 33.1 Å². The van der Waals surface area contributed by atoms with Gasteiger partial charge in [-0.05, 0) is 30.5 Å². The molecule has 0 saturated carbocycles. The molecule has 0 amide bonds. The molecular weight excluding hydrogens is 252 g/mol. The lowest BCUT2D eigenvalue weighted by Gasteiger charge is -2.11. The number of nitrogens with two attached hydrogens (primary N) is 1. The van der Waals surface area contributed by atoms with Gasteiger partial charge >= 0.3 is 0 Å². The van der Waals surface area contributed by atoms with Gasteiger partial charge in [0.05, 0.1) is 18.4 Å². The van der Waals surface area contributed by atoms with Crippen molar-refractivity contribution in [1.29, 1.82) is 0 Å². The summed E-state index contributed by atoms with van der Waals surface area (Å²) in [6.07, 6.45) is 0.646. The first kappa shape index (κ1) is 14.6. The maximum atomic E-state index is 5.85. The Hall–Kier alpha value is -1.81. The normalized spacial score (nSPS) is 11.1. The zero-order chi connectivity index (χ0) is 14.7. The zero-order valence-electron chi connectivity index (χ0n) is 12.6. The minimum atomic E-state index is 0.450. The summed E-state index contributed by atoms with van der Waals surface area (Å²) in [5, 5.41) is 0. The Morgan fingerprint density at radius 2 is 2.10 bits per heavy atom. The lowest BCUT2D eigenvalue weighted by molar-refractivity contribution is 0.413. The third-order valence-electron chi connectivity index (χ3n) is 3.33. The van der Waals surface area contributed by atoms with E-state index in [1.807, 2.05) is 13.0 Å². The average molecular weight is 274 g/mol. The number of oxazole rings is 1. The maximum Gasteiger partial charge on any atom is 0.196 e. The van der Waals surface area contributed by atoms with Crippen LogP contribution < -0.4 is 10.5 Å². The topological polar surface area (TPSA) is 61.3 Å². The molecule has 4 heteroatoms. The largest absolute Gasteiger partial charge is 0.496 e. The number of nitrogens with zero attached hydrogens (tertiary/aromatic N) is 1. The fourth-order valence-electron chi connectivity index (χ4n) is 2.19. The highest BCUT2D eigenvalue weighted by molar-refractivity contribution is 5.68. The van der Waals surface area contributed by atoms with Crippen LogP contribution >= 0.6 is 0 Å². The van der Waals surface area contributed by atoms with Crippen LogP contribution in [0.4, 0.5) is 0 Å². The molecule has 2 rings (SSSR count). The Balaban J connectivity index is 2.52. The van der Waals surface area contributed by atoms with Crippen LogP contribution in [0.3, 0.4) is 0 Å². The summed E-state index contributed by atoms with van der Waals surface area (Å²) in [4.78, 5) is 4.42. The molecule has 1 aromatic heterocycles. The smallest absolute Gasteiger partial charge is 0.196 e. The summed E-state index contributed by atoms with van der Waals surface area (Å²) in [6.45, 7) is 6.81. The highest BCUT2D eigenvalue weighted by atomic mass is 16.5. The van der Waals surface area contributed by atoms with E-state index in [-0.39, 0.29) is 0 Å². The maximum absolute atomic E-state index is 5.85. The van der Waals surface area contributed by atoms with Crippen molar-refractivity contribution in [2.24, 2.45) is 5.73 Å². The Morgan fingerprint density at radius 1 is 1.35 bits per heavy atom. The fourth-order valence-corrected chi connectivity index (χ4v) is 2.19. The van der Waals surface area contributed by atoms with Gasteiger partial charge in [-0.25, -0.2) is 4.98 Å². The highest BCUT2D eigenvalue weighted by Crippen LogP contribution is 2.35. The molecule has 4 nitrogen and oxygen atoms in total. The predicted molar refractivity (Wildman–Crippen MR) is 80.1 cm³/mol. The monoisotopic (exact) mass is 274 g/mol. The van der Waals surface area contributed by atoms with Crippen molar-refractivity contribution < 1.29 is 9.15 Å². The van der Waals surface area contributed by atoms with Crippen LogP contribution in [0.2, 0.25) is 0 Å². The van der Waals surface area contributed by atoms with E-state index < -0.39 is 0 Å². The average Bonchev–Trinajstić information content (AvgIpc) is 2.79. The van der Waals surface area contributed by atoms with E-state index in [0.717, 1.165) is 22.8 Å². The summed E-state index contributed by atoms with van der Waals surface area (Å²) in [5.74, 6) is 2.70. The van der Waals surface area contributed by atoms with Crippen LogP contribution in [-0.2, 0) is 6.42 Å². The van der Waals surface area contributed by atoms with E-state index in [2.05, 4.69) is 31.0 Å². The molecule has 20 heavy (non-hydrogen) atoms. The van der Waals surface area contributed by atoms with Crippen LogP contribution in [0.25, 0.3) is 11.3 Å². The fraction of sp³-hybridized carbons (Fsp3) is 0.438. The SMILES string of the molecule is COc1ccc(C(C)C)cc1-c1oc(CCN)nc1C. The number of hydrogen-bond acceptors (Lipinski definition) is 4. The minimum Gasteiger partial charge on any atom is -0.496 e. The number of methoxy groups -OCH3 is 1. The second kappa shape index (κ2) is 6.09. The highest BCUT2D eigenvalue weighted by Gasteiger charge is 2.17. The first-order valence-corrected chi connectivity index (χ1v) is 6.91. The lowest BCUT2D eigenvalue weighted by atomic mass is 9.99. The third-order valence-corrected chi connectivity index (χ3v) is 3.33. The molecule has 0 unspecified atom stereocenters. The van der Waals surface area contributed by atoms with Gasteiger partial charge in [0.1, 0.15) is 5.75 Å². The predicted octanol–water partition coefficient (Wildman–Crippen LogP) is 3.28. The molecule has 2 aromatic rings. The molecule has 0 radical (unpaired) electrons. The summed E-state index contributed by atoms with van der Waals surface area (Å²) in [5.41, 5.74) is 8.62. The molecular formula is C16H22N2O2. The minimum absolute atomic E-state index is 0.450. The number of hydrogen-bond donors (Lipinski definition) is 1. The second-order valence-electron chi connectivity index (χ2n) is 5.18. The van der Waals surface area contributed by atoms with Crippen molar-refractivity contribution in [3.63, 3.8) is 0 Å². The van der Waals surface area contributed by atoms with Gasteiger partial charge in [-0.15, -0.1) is 0 Å². The summed E-state index contributed by atoms with van der Waals surface area (Å²) in [7, 11) is 1.67. The summed E-state index contributed by atoms with van der Waals surface area (Å²) >= 11 is 0. The van der Waals surface area contributed by atoms with Gasteiger partial charge in [-0.3, -0.25) is 0 Å². The van der Waals surface area contributed by atoms with E-state index in [1.54, 1.807) is 7.11 Å². The molecule has 0 fully saturated rings. The summed E-state index contributed by atoms with van der Waals surface area (Å²) < 4.78 is 11.3. The molecule has 0 saturated heterocycles. The molecule has 0 aliphatic carbocycles. The summed E-state index contributed by atoms with van der Waals surface area (Å²) in [6, 6.07) is 6.18. The Labute approximate surface area is 120 Å². The number of ether oxygens (including phenoxy) is 1. The molecule has 1 aromatic carbocycles. The van der Waals surface area contributed by atoms with Crippen LogP contribution in [0, 0.1) is 6.92 Å². The van der Waals surface area contributed by atoms with E-state index in [4.69, 9.17) is 14.9 Å². The molecule has 1 heterocycles. The molecule has 0 aliphatic rings. The van der Waals surface area contributed by atoms with Crippen molar-refractivity contribution in [3.05, 3.63) is 35.3 Å². The molecule has 0 atom stereocenters. The van der Waals surface area contributed by atoms with Crippen LogP contribution in [0.5, 0.6) is 5.75 Å². The lowest BCUT2D eigenvalue weighted by Crippen LogP contribution is -2.02. The first-order chi connectivity index (χ1) is 9.56. The molecule has 2 N–H and O–H groups in total. The van der Waals surface area contributed by atoms with E-state index in [1.165, 1.54) is 5.56 Å². The van der Waals surface area contributed by atoms with Gasteiger partial charge in [0, 0.05) is 13.0 Å². The van der Waals surface area contributed by atoms with Gasteiger partial charge in [0.2, 0.25) is 0 Å². The van der Waals surface area contributed by atoms with Crippen molar-refractivity contribution >= 4 is 0 Å². The zero-order valence-corrected chi connectivity index (χ0v) is 12.6. The van der Waals surface area contributed by atoms with E-state index in [9.17, 15) is 0 Å². The van der Waals surface area contributed by atoms with E-state index >= 15 is 0 Å². The number of aromatic nitrogens is 1. The van der Waals surface area contributed by atoms with Crippen LogP contribution in [0.15, 0.2) is 22.6 Å².